The van der Waals surface area contributed by atoms with Gasteiger partial charge in [0.1, 0.15) is 0 Å². The van der Waals surface area contributed by atoms with Crippen molar-refractivity contribution in [3.63, 3.8) is 0 Å². The molecule has 3 rings (SSSR count). The smallest absolute Gasteiger partial charge is 0.163 e. The van der Waals surface area contributed by atoms with Crippen LogP contribution in [0, 0.1) is 0 Å². The summed E-state index contributed by atoms with van der Waals surface area (Å²) in [7, 11) is 0. The molecule has 2 nitrogen and oxygen atoms in total. The summed E-state index contributed by atoms with van der Waals surface area (Å²) in [6, 6.07) is 16.2. The molecule has 0 saturated heterocycles. The van der Waals surface area contributed by atoms with Crippen LogP contribution in [-0.4, -0.2) is 5.78 Å². The van der Waals surface area contributed by atoms with Crippen molar-refractivity contribution in [1.82, 2.24) is 0 Å². The summed E-state index contributed by atoms with van der Waals surface area (Å²) in [6.07, 6.45) is 1.53. The zero-order chi connectivity index (χ0) is 13.1. The summed E-state index contributed by atoms with van der Waals surface area (Å²) in [6.45, 7) is 1.22. The van der Waals surface area contributed by atoms with Crippen LogP contribution in [0.15, 0.2) is 48.5 Å². The minimum atomic E-state index is 0.270. The number of hydrogen-bond acceptors (Lipinski definition) is 2. The van der Waals surface area contributed by atoms with E-state index in [1.54, 1.807) is 0 Å². The molecule has 19 heavy (non-hydrogen) atoms. The number of carbonyl (C=O) groups excluding carboxylic acids is 1. The third-order valence-corrected chi connectivity index (χ3v) is 3.47. The number of rotatable bonds is 4. The first-order valence-electron chi connectivity index (χ1n) is 6.59. The van der Waals surface area contributed by atoms with E-state index in [-0.39, 0.29) is 5.78 Å². The Morgan fingerprint density at radius 2 is 1.68 bits per heavy atom. The maximum atomic E-state index is 11.5. The fourth-order valence-corrected chi connectivity index (χ4v) is 2.46. The van der Waals surface area contributed by atoms with Gasteiger partial charge in [0.2, 0.25) is 0 Å². The van der Waals surface area contributed by atoms with E-state index in [1.165, 1.54) is 11.1 Å². The maximum Gasteiger partial charge on any atom is 0.163 e. The lowest BCUT2D eigenvalue weighted by atomic mass is 10.1. The summed E-state index contributed by atoms with van der Waals surface area (Å²) in [5, 5.41) is 0. The van der Waals surface area contributed by atoms with Crippen molar-refractivity contribution >= 4 is 5.78 Å². The van der Waals surface area contributed by atoms with Gasteiger partial charge in [-0.25, -0.2) is 0 Å². The molecule has 0 saturated carbocycles. The van der Waals surface area contributed by atoms with Gasteiger partial charge in [-0.05, 0) is 23.1 Å². The third-order valence-electron chi connectivity index (χ3n) is 3.47. The van der Waals surface area contributed by atoms with Crippen molar-refractivity contribution in [2.45, 2.75) is 26.1 Å². The van der Waals surface area contributed by atoms with Crippen LogP contribution in [0.4, 0.5) is 0 Å². The van der Waals surface area contributed by atoms with Gasteiger partial charge in [0.05, 0.1) is 13.2 Å². The quantitative estimate of drug-likeness (QED) is 0.832. The predicted octanol–water partition coefficient (Wildman–Crippen LogP) is 3.53. The van der Waals surface area contributed by atoms with E-state index < -0.39 is 0 Å². The first-order chi connectivity index (χ1) is 9.33. The summed E-state index contributed by atoms with van der Waals surface area (Å²) < 4.78 is 5.71. The number of Topliss-reactive ketones (excluding diaryl/α,β-unsaturated/α-hetero) is 1. The molecule has 2 heteroatoms. The average Bonchev–Trinajstić information content (AvgIpc) is 2.81. The second-order valence-corrected chi connectivity index (χ2v) is 4.89. The van der Waals surface area contributed by atoms with E-state index in [2.05, 4.69) is 18.2 Å². The molecular formula is C17H16O2. The highest BCUT2D eigenvalue weighted by Crippen LogP contribution is 2.23. The highest BCUT2D eigenvalue weighted by atomic mass is 16.5. The maximum absolute atomic E-state index is 11.5. The number of fused-ring (bicyclic) bond motifs is 1. The molecule has 0 spiro atoms. The van der Waals surface area contributed by atoms with Gasteiger partial charge in [0.25, 0.3) is 0 Å². The zero-order valence-corrected chi connectivity index (χ0v) is 10.8. The second-order valence-electron chi connectivity index (χ2n) is 4.89. The molecule has 0 aromatic heterocycles. The molecule has 0 fully saturated rings. The van der Waals surface area contributed by atoms with E-state index in [4.69, 9.17) is 4.74 Å². The highest BCUT2D eigenvalue weighted by molar-refractivity contribution is 6.00. The van der Waals surface area contributed by atoms with E-state index in [9.17, 15) is 4.79 Å². The van der Waals surface area contributed by atoms with Crippen LogP contribution in [0.1, 0.15) is 33.5 Å². The van der Waals surface area contributed by atoms with Crippen molar-refractivity contribution in [2.75, 3.05) is 0 Å². The predicted molar refractivity (Wildman–Crippen MR) is 74.0 cm³/mol. The topological polar surface area (TPSA) is 26.3 Å². The Morgan fingerprint density at radius 1 is 0.895 bits per heavy atom. The molecule has 0 amide bonds. The molecule has 2 aromatic rings. The largest absolute Gasteiger partial charge is 0.372 e. The molecule has 1 aliphatic carbocycles. The Kier molecular flexibility index (Phi) is 3.43. The van der Waals surface area contributed by atoms with E-state index in [0.717, 1.165) is 17.5 Å². The number of aryl methyl sites for hydroxylation is 1. The van der Waals surface area contributed by atoms with E-state index >= 15 is 0 Å². The Balaban J connectivity index is 1.61. The van der Waals surface area contributed by atoms with Gasteiger partial charge in [-0.2, -0.15) is 0 Å². The van der Waals surface area contributed by atoms with Crippen LogP contribution in [0.2, 0.25) is 0 Å². The minimum Gasteiger partial charge on any atom is -0.372 e. The molecule has 0 aliphatic heterocycles. The molecule has 0 atom stereocenters. The molecular weight excluding hydrogens is 236 g/mol. The Hall–Kier alpha value is -1.93. The van der Waals surface area contributed by atoms with Crippen molar-refractivity contribution in [2.24, 2.45) is 0 Å². The van der Waals surface area contributed by atoms with Gasteiger partial charge in [0, 0.05) is 12.0 Å². The molecule has 0 unspecified atom stereocenters. The average molecular weight is 252 g/mol. The summed E-state index contributed by atoms with van der Waals surface area (Å²) in [5.41, 5.74) is 4.39. The first-order valence-corrected chi connectivity index (χ1v) is 6.59. The molecule has 0 N–H and O–H groups in total. The van der Waals surface area contributed by atoms with Crippen LogP contribution in [0.25, 0.3) is 0 Å². The lowest BCUT2D eigenvalue weighted by Crippen LogP contribution is -1.96. The van der Waals surface area contributed by atoms with Gasteiger partial charge >= 0.3 is 0 Å². The summed E-state index contributed by atoms with van der Waals surface area (Å²) in [5.74, 6) is 0.270. The molecule has 1 aliphatic rings. The lowest BCUT2D eigenvalue weighted by molar-refractivity contribution is 0.0994. The zero-order valence-electron chi connectivity index (χ0n) is 10.8. The Bertz CT molecular complexity index is 587. The highest BCUT2D eigenvalue weighted by Gasteiger charge is 2.18. The van der Waals surface area contributed by atoms with Crippen LogP contribution in [0.3, 0.4) is 0 Å². The Morgan fingerprint density at radius 3 is 2.53 bits per heavy atom. The lowest BCUT2D eigenvalue weighted by Gasteiger charge is -2.06. The summed E-state index contributed by atoms with van der Waals surface area (Å²) >= 11 is 0. The van der Waals surface area contributed by atoms with Crippen molar-refractivity contribution in [3.05, 3.63) is 70.8 Å². The van der Waals surface area contributed by atoms with Crippen LogP contribution in [0.5, 0.6) is 0 Å². The third kappa shape index (κ3) is 2.74. The number of ketones is 1. The van der Waals surface area contributed by atoms with Gasteiger partial charge in [-0.15, -0.1) is 0 Å². The Labute approximate surface area is 113 Å². The van der Waals surface area contributed by atoms with Crippen LogP contribution >= 0.6 is 0 Å². The van der Waals surface area contributed by atoms with Gasteiger partial charge in [-0.3, -0.25) is 4.79 Å². The van der Waals surface area contributed by atoms with Gasteiger partial charge < -0.3 is 4.74 Å². The molecule has 2 aromatic carbocycles. The number of benzene rings is 2. The fourth-order valence-electron chi connectivity index (χ4n) is 2.46. The fraction of sp³-hybridized carbons (Fsp3) is 0.235. The van der Waals surface area contributed by atoms with E-state index in [0.29, 0.717) is 19.6 Å². The molecule has 0 bridgehead atoms. The van der Waals surface area contributed by atoms with Crippen molar-refractivity contribution in [3.8, 4) is 0 Å². The molecule has 96 valence electrons. The SMILES string of the molecule is O=C1CCc2cc(COCc3ccccc3)ccc21. The monoisotopic (exact) mass is 252 g/mol. The standard InChI is InChI=1S/C17H16O2/c18-17-9-7-15-10-14(6-8-16(15)17)12-19-11-13-4-2-1-3-5-13/h1-6,8,10H,7,9,11-12H2. The van der Waals surface area contributed by atoms with Crippen molar-refractivity contribution in [1.29, 1.82) is 0 Å². The second kappa shape index (κ2) is 5.37. The van der Waals surface area contributed by atoms with Gasteiger partial charge in [-0.1, -0.05) is 48.5 Å². The van der Waals surface area contributed by atoms with Crippen molar-refractivity contribution < 1.29 is 9.53 Å². The van der Waals surface area contributed by atoms with Crippen LogP contribution < -0.4 is 0 Å². The first kappa shape index (κ1) is 12.1. The van der Waals surface area contributed by atoms with E-state index in [1.807, 2.05) is 30.3 Å². The van der Waals surface area contributed by atoms with Crippen LogP contribution in [-0.2, 0) is 24.4 Å². The number of hydrogen-bond donors (Lipinski definition) is 0. The number of carbonyl (C=O) groups is 1. The van der Waals surface area contributed by atoms with Gasteiger partial charge in [0.15, 0.2) is 5.78 Å². The number of ether oxygens (including phenoxy) is 1. The molecule has 0 heterocycles. The normalized spacial score (nSPS) is 13.6. The molecule has 0 radical (unpaired) electrons. The summed E-state index contributed by atoms with van der Waals surface area (Å²) in [4.78, 5) is 11.5. The minimum absolute atomic E-state index is 0.270.